The number of benzene rings is 2. The number of halogens is 1. The zero-order valence-corrected chi connectivity index (χ0v) is 16.3. The third-order valence-corrected chi connectivity index (χ3v) is 3.79. The lowest BCUT2D eigenvalue weighted by molar-refractivity contribution is 0.306. The minimum Gasteiger partial charge on any atom is -0.487 e. The van der Waals surface area contributed by atoms with E-state index in [9.17, 15) is 0 Å². The maximum atomic E-state index is 7.43. The number of nitrogens with one attached hydrogen (secondary N) is 2. The van der Waals surface area contributed by atoms with Crippen molar-refractivity contribution in [2.75, 3.05) is 11.1 Å². The molecule has 0 aliphatic rings. The van der Waals surface area contributed by atoms with Gasteiger partial charge in [0.05, 0.1) is 10.6 Å². The molecule has 0 saturated heterocycles. The van der Waals surface area contributed by atoms with Crippen LogP contribution in [0.1, 0.15) is 18.1 Å². The van der Waals surface area contributed by atoms with Crippen LogP contribution >= 0.6 is 11.6 Å². The summed E-state index contributed by atoms with van der Waals surface area (Å²) in [5, 5.41) is 11.0. The summed E-state index contributed by atoms with van der Waals surface area (Å²) in [5.74, 6) is 1.27. The fraction of sp³-hybridized carbons (Fsp3) is 0.0952. The van der Waals surface area contributed by atoms with Crippen molar-refractivity contribution in [3.8, 4) is 5.75 Å². The van der Waals surface area contributed by atoms with Crippen molar-refractivity contribution in [1.29, 1.82) is 5.41 Å². The first kappa shape index (κ1) is 20.9. The van der Waals surface area contributed by atoms with Gasteiger partial charge in [-0.1, -0.05) is 48.0 Å². The highest BCUT2D eigenvalue weighted by Crippen LogP contribution is 2.30. The molecule has 0 spiro atoms. The van der Waals surface area contributed by atoms with Gasteiger partial charge in [-0.3, -0.25) is 0 Å². The standard InChI is InChI=1S/C18H16ClN5O.C3H6/c19-15-8-13(24-18-14(9-20)17(21)22-11-23-18)6-7-16(15)25-10-12-4-2-1-3-5-12;1-3-2/h1-9,11,20H,10H2,(H3,21,22,23,24);3H,1H2,2H3. The van der Waals surface area contributed by atoms with Crippen LogP contribution in [0.15, 0.2) is 67.5 Å². The SMILES string of the molecule is C=CC.N=Cc1c(N)ncnc1Nc1ccc(OCc2ccccc2)c(Cl)c1. The molecule has 7 heteroatoms. The monoisotopic (exact) mass is 395 g/mol. The molecule has 3 aromatic rings. The first-order chi connectivity index (χ1) is 13.6. The van der Waals surface area contributed by atoms with Crippen LogP contribution in [-0.4, -0.2) is 16.2 Å². The van der Waals surface area contributed by atoms with E-state index < -0.39 is 0 Å². The van der Waals surface area contributed by atoms with Gasteiger partial charge in [-0.15, -0.1) is 6.58 Å². The molecule has 0 atom stereocenters. The average Bonchev–Trinajstić information content (AvgIpc) is 2.69. The van der Waals surface area contributed by atoms with Crippen LogP contribution in [0, 0.1) is 5.41 Å². The van der Waals surface area contributed by atoms with Crippen molar-refractivity contribution >= 4 is 35.1 Å². The highest BCUT2D eigenvalue weighted by molar-refractivity contribution is 6.32. The quantitative estimate of drug-likeness (QED) is 0.392. The van der Waals surface area contributed by atoms with Crippen molar-refractivity contribution in [3.05, 3.63) is 83.7 Å². The zero-order valence-electron chi connectivity index (χ0n) is 15.5. The summed E-state index contributed by atoms with van der Waals surface area (Å²) in [4.78, 5) is 7.97. The molecule has 0 bridgehead atoms. The van der Waals surface area contributed by atoms with Gasteiger partial charge < -0.3 is 21.2 Å². The molecule has 1 heterocycles. The van der Waals surface area contributed by atoms with Crippen LogP contribution in [0.2, 0.25) is 5.02 Å². The number of nitrogens with zero attached hydrogens (tertiary/aromatic N) is 2. The predicted octanol–water partition coefficient (Wildman–Crippen LogP) is 5.22. The smallest absolute Gasteiger partial charge is 0.144 e. The molecule has 28 heavy (non-hydrogen) atoms. The Morgan fingerprint density at radius 2 is 1.93 bits per heavy atom. The van der Waals surface area contributed by atoms with Crippen molar-refractivity contribution < 1.29 is 4.74 Å². The molecule has 0 saturated carbocycles. The van der Waals surface area contributed by atoms with Gasteiger partial charge in [0, 0.05) is 11.9 Å². The third-order valence-electron chi connectivity index (χ3n) is 3.49. The molecule has 1 aromatic heterocycles. The molecule has 0 aliphatic carbocycles. The lowest BCUT2D eigenvalue weighted by Crippen LogP contribution is -2.04. The summed E-state index contributed by atoms with van der Waals surface area (Å²) < 4.78 is 5.75. The first-order valence-electron chi connectivity index (χ1n) is 8.50. The minimum absolute atomic E-state index is 0.237. The second-order valence-electron chi connectivity index (χ2n) is 5.62. The Hall–Kier alpha value is -3.38. The first-order valence-corrected chi connectivity index (χ1v) is 8.88. The predicted molar refractivity (Wildman–Crippen MR) is 116 cm³/mol. The van der Waals surface area contributed by atoms with Gasteiger partial charge in [0.2, 0.25) is 0 Å². The van der Waals surface area contributed by atoms with Crippen LogP contribution < -0.4 is 15.8 Å². The van der Waals surface area contributed by atoms with Gasteiger partial charge in [-0.2, -0.15) is 0 Å². The van der Waals surface area contributed by atoms with Gasteiger partial charge >= 0.3 is 0 Å². The number of allylic oxidation sites excluding steroid dienone is 1. The van der Waals surface area contributed by atoms with Crippen molar-refractivity contribution in [2.24, 2.45) is 0 Å². The van der Waals surface area contributed by atoms with Crippen molar-refractivity contribution in [1.82, 2.24) is 9.97 Å². The summed E-state index contributed by atoms with van der Waals surface area (Å²) >= 11 is 6.30. The minimum atomic E-state index is 0.237. The molecule has 144 valence electrons. The average molecular weight is 396 g/mol. The third kappa shape index (κ3) is 5.82. The number of rotatable bonds is 6. The Morgan fingerprint density at radius 3 is 2.57 bits per heavy atom. The maximum Gasteiger partial charge on any atom is 0.144 e. The Labute approximate surface area is 169 Å². The molecule has 0 fully saturated rings. The normalized spacial score (nSPS) is 9.64. The number of hydrogen-bond donors (Lipinski definition) is 3. The Balaban J connectivity index is 0.000000878. The van der Waals surface area contributed by atoms with Gasteiger partial charge in [-0.05, 0) is 30.7 Å². The molecular formula is C21H22ClN5O. The molecular weight excluding hydrogens is 374 g/mol. The molecule has 3 rings (SSSR count). The second-order valence-corrected chi connectivity index (χ2v) is 6.03. The highest BCUT2D eigenvalue weighted by Gasteiger charge is 2.09. The Kier molecular flexibility index (Phi) is 7.99. The number of anilines is 3. The summed E-state index contributed by atoms with van der Waals surface area (Å²) in [6.45, 7) is 5.69. The van der Waals surface area contributed by atoms with E-state index in [2.05, 4.69) is 21.9 Å². The van der Waals surface area contributed by atoms with E-state index in [4.69, 9.17) is 27.5 Å². The Morgan fingerprint density at radius 1 is 1.21 bits per heavy atom. The summed E-state index contributed by atoms with van der Waals surface area (Å²) in [6, 6.07) is 15.2. The van der Waals surface area contributed by atoms with E-state index in [-0.39, 0.29) is 5.82 Å². The van der Waals surface area contributed by atoms with Crippen LogP contribution in [-0.2, 0) is 6.61 Å². The number of nitrogens with two attached hydrogens (primary N) is 1. The molecule has 0 unspecified atom stereocenters. The van der Waals surface area contributed by atoms with E-state index in [0.717, 1.165) is 11.8 Å². The molecule has 0 amide bonds. The van der Waals surface area contributed by atoms with Gasteiger partial charge in [0.25, 0.3) is 0 Å². The van der Waals surface area contributed by atoms with Crippen molar-refractivity contribution in [3.63, 3.8) is 0 Å². The number of ether oxygens (including phenoxy) is 1. The fourth-order valence-corrected chi connectivity index (χ4v) is 2.45. The number of hydrogen-bond acceptors (Lipinski definition) is 6. The highest BCUT2D eigenvalue weighted by atomic mass is 35.5. The maximum absolute atomic E-state index is 7.43. The molecule has 6 nitrogen and oxygen atoms in total. The van der Waals surface area contributed by atoms with E-state index in [0.29, 0.717) is 34.4 Å². The van der Waals surface area contributed by atoms with Gasteiger partial charge in [0.15, 0.2) is 0 Å². The summed E-state index contributed by atoms with van der Waals surface area (Å²) in [7, 11) is 0. The lowest BCUT2D eigenvalue weighted by Gasteiger charge is -2.12. The second kappa shape index (κ2) is 10.7. The molecule has 0 aliphatic heterocycles. The number of aromatic nitrogens is 2. The Bertz CT molecular complexity index is 931. The fourth-order valence-electron chi connectivity index (χ4n) is 2.22. The summed E-state index contributed by atoms with van der Waals surface area (Å²) in [6.07, 6.45) is 4.19. The zero-order chi connectivity index (χ0) is 20.4. The summed E-state index contributed by atoms with van der Waals surface area (Å²) in [5.41, 5.74) is 7.93. The van der Waals surface area contributed by atoms with Crippen LogP contribution in [0.4, 0.5) is 17.3 Å². The van der Waals surface area contributed by atoms with Gasteiger partial charge in [0.1, 0.15) is 30.3 Å². The van der Waals surface area contributed by atoms with E-state index in [1.54, 1.807) is 18.2 Å². The molecule has 4 N–H and O–H groups in total. The topological polar surface area (TPSA) is 96.9 Å². The van der Waals surface area contributed by atoms with E-state index in [1.165, 1.54) is 6.33 Å². The van der Waals surface area contributed by atoms with Crippen molar-refractivity contribution in [2.45, 2.75) is 13.5 Å². The van der Waals surface area contributed by atoms with Crippen LogP contribution in [0.5, 0.6) is 5.75 Å². The van der Waals surface area contributed by atoms with E-state index >= 15 is 0 Å². The molecule has 2 aromatic carbocycles. The lowest BCUT2D eigenvalue weighted by atomic mass is 10.2. The van der Waals surface area contributed by atoms with Crippen LogP contribution in [0.25, 0.3) is 0 Å². The van der Waals surface area contributed by atoms with E-state index in [1.807, 2.05) is 43.3 Å². The van der Waals surface area contributed by atoms with Gasteiger partial charge in [-0.25, -0.2) is 9.97 Å². The molecule has 0 radical (unpaired) electrons. The van der Waals surface area contributed by atoms with Crippen LogP contribution in [0.3, 0.4) is 0 Å². The largest absolute Gasteiger partial charge is 0.487 e. The number of nitrogen functional groups attached to an aromatic ring is 1.